The van der Waals surface area contributed by atoms with E-state index < -0.39 is 14.9 Å². The summed E-state index contributed by atoms with van der Waals surface area (Å²) in [5.74, 6) is 0.337. The molecule has 0 aromatic rings. The minimum Gasteiger partial charge on any atom is -0.390 e. The summed E-state index contributed by atoms with van der Waals surface area (Å²) < 4.78 is 67.6. The molecule has 3 atom stereocenters. The van der Waals surface area contributed by atoms with E-state index in [0.29, 0.717) is 124 Å². The molecule has 13 nitrogen and oxygen atoms in total. The van der Waals surface area contributed by atoms with Gasteiger partial charge in [-0.1, -0.05) is 0 Å². The van der Waals surface area contributed by atoms with Crippen molar-refractivity contribution in [2.24, 2.45) is 5.92 Å². The number of aliphatic hydroxyl groups excluding tert-OH is 1. The lowest BCUT2D eigenvalue weighted by atomic mass is 9.84. The number of hydrogen-bond donors (Lipinski definition) is 1. The van der Waals surface area contributed by atoms with Crippen LogP contribution >= 0.6 is 0 Å². The van der Waals surface area contributed by atoms with E-state index in [4.69, 9.17) is 55.9 Å². The van der Waals surface area contributed by atoms with E-state index in [1.165, 1.54) is 0 Å². The molecule has 0 heterocycles. The highest BCUT2D eigenvalue weighted by molar-refractivity contribution is 6.60. The van der Waals surface area contributed by atoms with Crippen LogP contribution in [0.3, 0.4) is 0 Å². The van der Waals surface area contributed by atoms with Gasteiger partial charge in [0.05, 0.1) is 118 Å². The summed E-state index contributed by atoms with van der Waals surface area (Å²) in [6.45, 7) is 7.19. The van der Waals surface area contributed by atoms with Crippen LogP contribution in [-0.4, -0.2) is 160 Å². The summed E-state index contributed by atoms with van der Waals surface area (Å²) in [4.78, 5) is 0. The Balaban J connectivity index is 2.75. The molecular formula is C28H58O13Si. The largest absolute Gasteiger partial charge is 0.501 e. The summed E-state index contributed by atoms with van der Waals surface area (Å²) in [6.07, 6.45) is 2.45. The Bertz CT molecular complexity index is 537. The molecule has 0 radical (unpaired) electrons. The van der Waals surface area contributed by atoms with Crippen LogP contribution in [0.2, 0.25) is 6.04 Å². The third-order valence-electron chi connectivity index (χ3n) is 6.66. The fourth-order valence-corrected chi connectivity index (χ4v) is 6.99. The number of hydrogen-bond acceptors (Lipinski definition) is 13. The monoisotopic (exact) mass is 630 g/mol. The van der Waals surface area contributed by atoms with Gasteiger partial charge in [-0.25, -0.2) is 0 Å². The van der Waals surface area contributed by atoms with Gasteiger partial charge in [0.15, 0.2) is 0 Å². The topological polar surface area (TPSA) is 131 Å². The van der Waals surface area contributed by atoms with Crippen LogP contribution in [-0.2, 0) is 55.9 Å². The van der Waals surface area contributed by atoms with E-state index in [0.717, 1.165) is 19.3 Å². The van der Waals surface area contributed by atoms with Crippen molar-refractivity contribution >= 4 is 8.80 Å². The summed E-state index contributed by atoms with van der Waals surface area (Å²) in [5, 5.41) is 10.6. The maximum atomic E-state index is 10.6. The molecule has 1 rings (SSSR count). The summed E-state index contributed by atoms with van der Waals surface area (Å²) in [7, 11) is 3.42. The Hall–Kier alpha value is -0.303. The summed E-state index contributed by atoms with van der Waals surface area (Å²) in [6, 6.07) is 0.620. The lowest BCUT2D eigenvalue weighted by Crippen LogP contribution is -2.48. The second-order valence-corrected chi connectivity index (χ2v) is 12.6. The molecule has 0 amide bonds. The highest BCUT2D eigenvalue weighted by atomic mass is 28.4. The first-order valence-corrected chi connectivity index (χ1v) is 17.0. The molecule has 0 saturated heterocycles. The fraction of sp³-hybridized carbons (Fsp3) is 1.00. The molecular weight excluding hydrogens is 572 g/mol. The lowest BCUT2D eigenvalue weighted by molar-refractivity contribution is -0.0865. The minimum atomic E-state index is -3.14. The molecule has 3 unspecified atom stereocenters. The zero-order valence-corrected chi connectivity index (χ0v) is 27.4. The first kappa shape index (κ1) is 39.7. The van der Waals surface area contributed by atoms with Crippen LogP contribution in [0.15, 0.2) is 0 Å². The second kappa shape index (κ2) is 28.2. The van der Waals surface area contributed by atoms with E-state index in [1.54, 1.807) is 28.4 Å². The van der Waals surface area contributed by atoms with Gasteiger partial charge in [-0.05, 0) is 31.6 Å². The Kier molecular flexibility index (Phi) is 26.7. The summed E-state index contributed by atoms with van der Waals surface area (Å²) >= 11 is 0. The van der Waals surface area contributed by atoms with E-state index in [2.05, 4.69) is 0 Å². The van der Waals surface area contributed by atoms with Crippen molar-refractivity contribution in [3.05, 3.63) is 0 Å². The zero-order valence-electron chi connectivity index (χ0n) is 26.4. The molecule has 42 heavy (non-hydrogen) atoms. The minimum absolute atomic E-state index is 0.230. The predicted octanol–water partition coefficient (Wildman–Crippen LogP) is 1.56. The molecule has 14 heteroatoms. The van der Waals surface area contributed by atoms with Gasteiger partial charge in [0.25, 0.3) is 0 Å². The van der Waals surface area contributed by atoms with Crippen molar-refractivity contribution in [1.82, 2.24) is 0 Å². The second-order valence-electron chi connectivity index (χ2n) is 9.84. The van der Waals surface area contributed by atoms with Crippen molar-refractivity contribution < 1.29 is 61.0 Å². The maximum absolute atomic E-state index is 10.6. The number of rotatable bonds is 31. The van der Waals surface area contributed by atoms with Crippen molar-refractivity contribution in [2.75, 3.05) is 134 Å². The average Bonchev–Trinajstić information content (AvgIpc) is 3.00. The highest BCUT2D eigenvalue weighted by Crippen LogP contribution is 2.32. The molecule has 1 aliphatic rings. The molecule has 1 saturated carbocycles. The first-order chi connectivity index (χ1) is 20.6. The van der Waals surface area contributed by atoms with Crippen LogP contribution < -0.4 is 0 Å². The van der Waals surface area contributed by atoms with E-state index in [9.17, 15) is 5.11 Å². The lowest BCUT2D eigenvalue weighted by Gasteiger charge is -2.35. The molecule has 1 aliphatic carbocycles. The van der Waals surface area contributed by atoms with Crippen molar-refractivity contribution in [2.45, 2.75) is 43.9 Å². The Labute approximate surface area is 253 Å². The molecule has 1 N–H and O–H groups in total. The van der Waals surface area contributed by atoms with Crippen molar-refractivity contribution in [1.29, 1.82) is 0 Å². The molecule has 0 bridgehead atoms. The van der Waals surface area contributed by atoms with E-state index in [-0.39, 0.29) is 6.10 Å². The van der Waals surface area contributed by atoms with Crippen LogP contribution in [0.25, 0.3) is 0 Å². The van der Waals surface area contributed by atoms with Gasteiger partial charge in [-0.3, -0.25) is 0 Å². The molecule has 0 aromatic carbocycles. The molecule has 0 aromatic heterocycles. The van der Waals surface area contributed by atoms with Gasteiger partial charge in [-0.2, -0.15) is 0 Å². The third-order valence-corrected chi connectivity index (χ3v) is 9.49. The standard InChI is InChI=1S/C28H58O13Si/c1-30-8-12-34-16-20-38-28-25-26(5-6-27(28)29)7-24-42(39-21-17-35-13-9-31-2,40-22-18-36-14-10-32-3)41-23-19-37-15-11-33-4/h26-29H,5-25H2,1-4H3. The van der Waals surface area contributed by atoms with Crippen molar-refractivity contribution in [3.63, 3.8) is 0 Å². The van der Waals surface area contributed by atoms with Crippen molar-refractivity contribution in [3.8, 4) is 0 Å². The van der Waals surface area contributed by atoms with Gasteiger partial charge in [0.2, 0.25) is 0 Å². The van der Waals surface area contributed by atoms with Crippen LogP contribution in [0.5, 0.6) is 0 Å². The Morgan fingerprint density at radius 2 is 0.929 bits per heavy atom. The normalized spacial score (nSPS) is 19.5. The average molecular weight is 631 g/mol. The molecule has 0 aliphatic heterocycles. The summed E-state index contributed by atoms with van der Waals surface area (Å²) in [5.41, 5.74) is 0. The van der Waals surface area contributed by atoms with Gasteiger partial charge in [0, 0.05) is 34.5 Å². The fourth-order valence-electron chi connectivity index (χ4n) is 4.36. The van der Waals surface area contributed by atoms with Gasteiger partial charge >= 0.3 is 8.80 Å². The van der Waals surface area contributed by atoms with E-state index >= 15 is 0 Å². The smallest absolute Gasteiger partial charge is 0.390 e. The first-order valence-electron chi connectivity index (χ1n) is 15.1. The number of ether oxygens (including phenoxy) is 9. The third kappa shape index (κ3) is 20.6. The van der Waals surface area contributed by atoms with Gasteiger partial charge < -0.3 is 61.0 Å². The van der Waals surface area contributed by atoms with Crippen LogP contribution in [0.4, 0.5) is 0 Å². The quantitative estimate of drug-likeness (QED) is 0.0879. The van der Waals surface area contributed by atoms with Gasteiger partial charge in [0.1, 0.15) is 0 Å². The Morgan fingerprint density at radius 1 is 0.524 bits per heavy atom. The number of aliphatic hydroxyl groups is 1. The molecule has 0 spiro atoms. The maximum Gasteiger partial charge on any atom is 0.501 e. The van der Waals surface area contributed by atoms with E-state index in [1.807, 2.05) is 0 Å². The van der Waals surface area contributed by atoms with Crippen LogP contribution in [0.1, 0.15) is 25.7 Å². The molecule has 252 valence electrons. The van der Waals surface area contributed by atoms with Gasteiger partial charge in [-0.15, -0.1) is 0 Å². The van der Waals surface area contributed by atoms with Crippen LogP contribution in [0, 0.1) is 5.92 Å². The number of methoxy groups -OCH3 is 4. The molecule has 1 fully saturated rings. The predicted molar refractivity (Wildman–Crippen MR) is 157 cm³/mol. The SMILES string of the molecule is COCCOCCOC1CC(CC[Si](OCCOCCOC)(OCCOCCOC)OCCOCCOC)CCC1O. The Morgan fingerprint density at radius 3 is 1.36 bits per heavy atom. The zero-order chi connectivity index (χ0) is 30.6. The highest BCUT2D eigenvalue weighted by Gasteiger charge is 2.42.